The van der Waals surface area contributed by atoms with Crippen LogP contribution in [0.4, 0.5) is 5.69 Å². The minimum atomic E-state index is -0.339. The van der Waals surface area contributed by atoms with E-state index in [1.54, 1.807) is 13.2 Å². The standard InChI is InChI=1S/C23H30N4O3/c1-3-16-5-4-6-18(11-16)19-12-20(22(26-14-19)23(29)24-2)27-21(28)15-25-13-17-7-9-30-10-8-17/h4-6,11-12,14,17,25H,3,7-10,13,15H2,1-2H3,(H,24,29)(H,27,28). The predicted octanol–water partition coefficient (Wildman–Crippen LogP) is 2.63. The Bertz CT molecular complexity index is 879. The van der Waals surface area contributed by atoms with Crippen LogP contribution in [0.1, 0.15) is 35.8 Å². The lowest BCUT2D eigenvalue weighted by molar-refractivity contribution is -0.115. The molecule has 1 aliphatic heterocycles. The second-order valence-corrected chi connectivity index (χ2v) is 7.49. The number of rotatable bonds is 8. The molecule has 3 N–H and O–H groups in total. The molecule has 0 unspecified atom stereocenters. The summed E-state index contributed by atoms with van der Waals surface area (Å²) in [6, 6.07) is 9.97. The molecule has 3 rings (SSSR count). The lowest BCUT2D eigenvalue weighted by atomic mass is 10.0. The lowest BCUT2D eigenvalue weighted by Gasteiger charge is -2.22. The Morgan fingerprint density at radius 3 is 2.70 bits per heavy atom. The Morgan fingerprint density at radius 2 is 1.97 bits per heavy atom. The number of hydrogen-bond acceptors (Lipinski definition) is 5. The van der Waals surface area contributed by atoms with Crippen molar-refractivity contribution in [2.75, 3.05) is 38.7 Å². The van der Waals surface area contributed by atoms with E-state index in [-0.39, 0.29) is 24.1 Å². The third kappa shape index (κ3) is 5.87. The van der Waals surface area contributed by atoms with E-state index in [0.29, 0.717) is 11.6 Å². The summed E-state index contributed by atoms with van der Waals surface area (Å²) in [5.74, 6) is -0.00777. The first-order valence-corrected chi connectivity index (χ1v) is 10.5. The van der Waals surface area contributed by atoms with E-state index in [4.69, 9.17) is 4.74 Å². The Morgan fingerprint density at radius 1 is 1.17 bits per heavy atom. The van der Waals surface area contributed by atoms with Crippen molar-refractivity contribution >= 4 is 17.5 Å². The van der Waals surface area contributed by atoms with Crippen LogP contribution in [0.15, 0.2) is 36.5 Å². The fourth-order valence-corrected chi connectivity index (χ4v) is 3.52. The summed E-state index contributed by atoms with van der Waals surface area (Å²) in [6.45, 7) is 4.63. The maximum absolute atomic E-state index is 12.5. The zero-order chi connectivity index (χ0) is 21.3. The van der Waals surface area contributed by atoms with Gasteiger partial charge in [0.05, 0.1) is 12.2 Å². The van der Waals surface area contributed by atoms with Crippen LogP contribution in [-0.4, -0.2) is 50.1 Å². The van der Waals surface area contributed by atoms with Crippen molar-refractivity contribution in [3.63, 3.8) is 0 Å². The Hall–Kier alpha value is -2.77. The molecule has 0 atom stereocenters. The molecule has 2 amide bonds. The van der Waals surface area contributed by atoms with Gasteiger partial charge in [-0.25, -0.2) is 4.98 Å². The molecule has 30 heavy (non-hydrogen) atoms. The highest BCUT2D eigenvalue weighted by Gasteiger charge is 2.17. The van der Waals surface area contributed by atoms with Crippen molar-refractivity contribution in [2.45, 2.75) is 26.2 Å². The molecule has 0 spiro atoms. The monoisotopic (exact) mass is 410 g/mol. The van der Waals surface area contributed by atoms with Crippen LogP contribution >= 0.6 is 0 Å². The van der Waals surface area contributed by atoms with E-state index < -0.39 is 0 Å². The summed E-state index contributed by atoms with van der Waals surface area (Å²) in [7, 11) is 1.55. The molecular formula is C23H30N4O3. The van der Waals surface area contributed by atoms with E-state index in [1.807, 2.05) is 18.2 Å². The van der Waals surface area contributed by atoms with Gasteiger partial charge >= 0.3 is 0 Å². The van der Waals surface area contributed by atoms with Crippen LogP contribution in [0.3, 0.4) is 0 Å². The van der Waals surface area contributed by atoms with Gasteiger partial charge in [-0.15, -0.1) is 0 Å². The number of hydrogen-bond donors (Lipinski definition) is 3. The van der Waals surface area contributed by atoms with Crippen molar-refractivity contribution in [3.05, 3.63) is 47.8 Å². The van der Waals surface area contributed by atoms with Crippen LogP contribution < -0.4 is 16.0 Å². The van der Waals surface area contributed by atoms with E-state index >= 15 is 0 Å². The number of nitrogens with zero attached hydrogens (tertiary/aromatic N) is 1. The minimum absolute atomic E-state index is 0.181. The molecular weight excluding hydrogens is 380 g/mol. The molecule has 2 aromatic rings. The van der Waals surface area contributed by atoms with Crippen LogP contribution in [0, 0.1) is 5.92 Å². The first kappa shape index (κ1) is 21.9. The molecule has 1 fully saturated rings. The van der Waals surface area contributed by atoms with Gasteiger partial charge in [0, 0.05) is 32.0 Å². The van der Waals surface area contributed by atoms with Crippen molar-refractivity contribution in [1.29, 1.82) is 0 Å². The Labute approximate surface area is 177 Å². The van der Waals surface area contributed by atoms with Gasteiger partial charge in [0.15, 0.2) is 5.69 Å². The number of ether oxygens (including phenoxy) is 1. The quantitative estimate of drug-likeness (QED) is 0.622. The second-order valence-electron chi connectivity index (χ2n) is 7.49. The molecule has 0 aliphatic carbocycles. The molecule has 1 aliphatic rings. The number of pyridine rings is 1. The number of aromatic nitrogens is 1. The average molecular weight is 411 g/mol. The van der Waals surface area contributed by atoms with Gasteiger partial charge in [-0.1, -0.05) is 31.2 Å². The van der Waals surface area contributed by atoms with Gasteiger partial charge in [-0.05, 0) is 48.9 Å². The summed E-state index contributed by atoms with van der Waals surface area (Å²) >= 11 is 0. The third-order valence-electron chi connectivity index (χ3n) is 5.33. The smallest absolute Gasteiger partial charge is 0.271 e. The van der Waals surface area contributed by atoms with Crippen LogP contribution in [0.2, 0.25) is 0 Å². The highest BCUT2D eigenvalue weighted by molar-refractivity contribution is 6.03. The number of amides is 2. The van der Waals surface area contributed by atoms with Crippen LogP contribution in [0.25, 0.3) is 11.1 Å². The van der Waals surface area contributed by atoms with Crippen molar-refractivity contribution in [2.24, 2.45) is 5.92 Å². The van der Waals surface area contributed by atoms with Crippen molar-refractivity contribution < 1.29 is 14.3 Å². The molecule has 7 nitrogen and oxygen atoms in total. The number of anilines is 1. The molecule has 0 radical (unpaired) electrons. The van der Waals surface area contributed by atoms with Gasteiger partial charge in [0.1, 0.15) is 0 Å². The van der Waals surface area contributed by atoms with Gasteiger partial charge < -0.3 is 20.7 Å². The molecule has 0 saturated carbocycles. The predicted molar refractivity (Wildman–Crippen MR) is 117 cm³/mol. The molecule has 0 bridgehead atoms. The fourth-order valence-electron chi connectivity index (χ4n) is 3.52. The van der Waals surface area contributed by atoms with E-state index in [2.05, 4.69) is 40.0 Å². The number of nitrogens with one attached hydrogen (secondary N) is 3. The van der Waals surface area contributed by atoms with Crippen molar-refractivity contribution in [3.8, 4) is 11.1 Å². The molecule has 1 saturated heterocycles. The lowest BCUT2D eigenvalue weighted by Crippen LogP contribution is -2.34. The molecule has 1 aromatic heterocycles. The van der Waals surface area contributed by atoms with Gasteiger partial charge in [-0.3, -0.25) is 9.59 Å². The molecule has 7 heteroatoms. The highest BCUT2D eigenvalue weighted by atomic mass is 16.5. The number of carbonyl (C=O) groups excluding carboxylic acids is 2. The van der Waals surface area contributed by atoms with Gasteiger partial charge in [-0.2, -0.15) is 0 Å². The number of aryl methyl sites for hydroxylation is 1. The number of carbonyl (C=O) groups is 2. The van der Waals surface area contributed by atoms with Crippen LogP contribution in [0.5, 0.6) is 0 Å². The maximum atomic E-state index is 12.5. The normalized spacial score (nSPS) is 14.3. The molecule has 160 valence electrons. The maximum Gasteiger partial charge on any atom is 0.271 e. The second kappa shape index (κ2) is 10.8. The first-order chi connectivity index (χ1) is 14.6. The summed E-state index contributed by atoms with van der Waals surface area (Å²) < 4.78 is 5.36. The SMILES string of the molecule is CCc1cccc(-c2cnc(C(=O)NC)c(NC(=O)CNCC3CCOCC3)c2)c1. The van der Waals surface area contributed by atoms with E-state index in [0.717, 1.165) is 50.1 Å². The largest absolute Gasteiger partial charge is 0.381 e. The molecule has 2 heterocycles. The Balaban J connectivity index is 1.71. The van der Waals surface area contributed by atoms with Gasteiger partial charge in [0.25, 0.3) is 5.91 Å². The topological polar surface area (TPSA) is 92.4 Å². The van der Waals surface area contributed by atoms with Gasteiger partial charge in [0.2, 0.25) is 5.91 Å². The number of benzene rings is 1. The Kier molecular flexibility index (Phi) is 7.93. The fraction of sp³-hybridized carbons (Fsp3) is 0.435. The van der Waals surface area contributed by atoms with Crippen LogP contribution in [-0.2, 0) is 16.0 Å². The van der Waals surface area contributed by atoms with Crippen molar-refractivity contribution in [1.82, 2.24) is 15.6 Å². The summed E-state index contributed by atoms with van der Waals surface area (Å²) in [5, 5.41) is 8.64. The highest BCUT2D eigenvalue weighted by Crippen LogP contribution is 2.25. The zero-order valence-electron chi connectivity index (χ0n) is 17.7. The average Bonchev–Trinajstić information content (AvgIpc) is 2.79. The third-order valence-corrected chi connectivity index (χ3v) is 5.33. The summed E-state index contributed by atoms with van der Waals surface area (Å²) in [4.78, 5) is 29.1. The first-order valence-electron chi connectivity index (χ1n) is 10.5. The van der Waals surface area contributed by atoms with E-state index in [9.17, 15) is 9.59 Å². The minimum Gasteiger partial charge on any atom is -0.381 e. The van der Waals surface area contributed by atoms with E-state index in [1.165, 1.54) is 5.56 Å². The molecule has 1 aromatic carbocycles. The zero-order valence-corrected chi connectivity index (χ0v) is 17.7. The summed E-state index contributed by atoms with van der Waals surface area (Å²) in [6.07, 6.45) is 4.62. The summed E-state index contributed by atoms with van der Waals surface area (Å²) in [5.41, 5.74) is 3.67.